The van der Waals surface area contributed by atoms with Crippen molar-refractivity contribution < 1.29 is 20.4 Å². The standard InChI is InChI=1S/C15H17NO4/c16-10-4-1-9(2-5-10)3-6-12(18)15-13(19)7-11(17)8-14(15)20/h1-2,4-5,7-8,12,17-20H,3,6,16H2. The molecule has 106 valence electrons. The van der Waals surface area contributed by atoms with E-state index in [4.69, 9.17) is 5.73 Å². The Hall–Kier alpha value is -2.40. The molecular weight excluding hydrogens is 258 g/mol. The van der Waals surface area contributed by atoms with Gasteiger partial charge in [-0.05, 0) is 30.5 Å². The normalized spacial score (nSPS) is 12.2. The van der Waals surface area contributed by atoms with Gasteiger partial charge in [0.25, 0.3) is 0 Å². The highest BCUT2D eigenvalue weighted by atomic mass is 16.3. The Kier molecular flexibility index (Phi) is 4.00. The van der Waals surface area contributed by atoms with Gasteiger partial charge in [0.05, 0.1) is 11.7 Å². The summed E-state index contributed by atoms with van der Waals surface area (Å²) in [7, 11) is 0. The quantitative estimate of drug-likeness (QED) is 0.549. The van der Waals surface area contributed by atoms with Crippen LogP contribution in [0, 0.1) is 0 Å². The van der Waals surface area contributed by atoms with E-state index in [0.29, 0.717) is 18.5 Å². The minimum atomic E-state index is -1.02. The Bertz CT molecular complexity index is 572. The van der Waals surface area contributed by atoms with Crippen LogP contribution in [0.1, 0.15) is 23.7 Å². The minimum absolute atomic E-state index is 0.0262. The second-order valence-electron chi connectivity index (χ2n) is 4.69. The van der Waals surface area contributed by atoms with Crippen molar-refractivity contribution in [2.45, 2.75) is 18.9 Å². The topological polar surface area (TPSA) is 107 Å². The number of nitrogens with two attached hydrogens (primary N) is 1. The monoisotopic (exact) mass is 275 g/mol. The molecule has 0 aliphatic carbocycles. The Labute approximate surface area is 116 Å². The molecule has 0 heterocycles. The van der Waals surface area contributed by atoms with Gasteiger partial charge in [0, 0.05) is 17.8 Å². The molecule has 0 fully saturated rings. The van der Waals surface area contributed by atoms with Crippen LogP contribution in [0.25, 0.3) is 0 Å². The summed E-state index contributed by atoms with van der Waals surface area (Å²) in [6.07, 6.45) is -0.120. The van der Waals surface area contributed by atoms with E-state index in [1.165, 1.54) is 0 Å². The van der Waals surface area contributed by atoms with Gasteiger partial charge in [0.1, 0.15) is 17.2 Å². The third-order valence-corrected chi connectivity index (χ3v) is 3.14. The molecule has 5 heteroatoms. The van der Waals surface area contributed by atoms with Crippen molar-refractivity contribution in [1.82, 2.24) is 0 Å². The van der Waals surface area contributed by atoms with Gasteiger partial charge in [0.2, 0.25) is 0 Å². The van der Waals surface area contributed by atoms with Gasteiger partial charge in [-0.2, -0.15) is 0 Å². The molecule has 0 bridgehead atoms. The lowest BCUT2D eigenvalue weighted by molar-refractivity contribution is 0.160. The van der Waals surface area contributed by atoms with Crippen molar-refractivity contribution in [1.29, 1.82) is 0 Å². The van der Waals surface area contributed by atoms with E-state index in [9.17, 15) is 20.4 Å². The highest BCUT2D eigenvalue weighted by Gasteiger charge is 2.18. The van der Waals surface area contributed by atoms with Crippen LogP contribution in [0.3, 0.4) is 0 Å². The number of nitrogen functional groups attached to an aromatic ring is 1. The second-order valence-corrected chi connectivity index (χ2v) is 4.69. The Morgan fingerprint density at radius 3 is 2.05 bits per heavy atom. The second kappa shape index (κ2) is 5.71. The van der Waals surface area contributed by atoms with E-state index in [2.05, 4.69) is 0 Å². The van der Waals surface area contributed by atoms with E-state index in [1.54, 1.807) is 12.1 Å². The lowest BCUT2D eigenvalue weighted by Crippen LogP contribution is -2.01. The first-order valence-corrected chi connectivity index (χ1v) is 6.24. The molecule has 0 amide bonds. The Balaban J connectivity index is 2.09. The predicted octanol–water partition coefficient (Wildman–Crippen LogP) is 2.05. The van der Waals surface area contributed by atoms with Crippen LogP contribution in [-0.2, 0) is 6.42 Å². The molecule has 2 aromatic carbocycles. The third kappa shape index (κ3) is 3.13. The maximum absolute atomic E-state index is 10.1. The molecular formula is C15H17NO4. The SMILES string of the molecule is Nc1ccc(CCC(O)c2c(O)cc(O)cc2O)cc1. The summed E-state index contributed by atoms with van der Waals surface area (Å²) in [6.45, 7) is 0. The molecule has 0 spiro atoms. The first-order chi connectivity index (χ1) is 9.47. The van der Waals surface area contributed by atoms with Crippen LogP contribution in [0.4, 0.5) is 5.69 Å². The maximum atomic E-state index is 10.1. The molecule has 0 aliphatic heterocycles. The zero-order valence-corrected chi connectivity index (χ0v) is 10.8. The highest BCUT2D eigenvalue weighted by molar-refractivity contribution is 5.50. The summed E-state index contributed by atoms with van der Waals surface area (Å²) in [5.74, 6) is -0.908. The summed E-state index contributed by atoms with van der Waals surface area (Å²) >= 11 is 0. The number of anilines is 1. The molecule has 0 aromatic heterocycles. The van der Waals surface area contributed by atoms with Crippen LogP contribution in [0.2, 0.25) is 0 Å². The number of aliphatic hydroxyl groups excluding tert-OH is 1. The Morgan fingerprint density at radius 2 is 1.50 bits per heavy atom. The number of benzene rings is 2. The van der Waals surface area contributed by atoms with Crippen molar-refractivity contribution in [3.8, 4) is 17.2 Å². The van der Waals surface area contributed by atoms with Crippen molar-refractivity contribution in [2.24, 2.45) is 0 Å². The number of aliphatic hydroxyl groups is 1. The summed E-state index contributed by atoms with van der Waals surface area (Å²) in [6, 6.07) is 9.44. The fraction of sp³-hybridized carbons (Fsp3) is 0.200. The number of rotatable bonds is 4. The van der Waals surface area contributed by atoms with Crippen LogP contribution in [0.15, 0.2) is 36.4 Å². The van der Waals surface area contributed by atoms with Crippen molar-refractivity contribution in [3.05, 3.63) is 47.5 Å². The molecule has 6 N–H and O–H groups in total. The number of phenolic OH excluding ortho intramolecular Hbond substituents is 3. The smallest absolute Gasteiger partial charge is 0.128 e. The molecule has 0 radical (unpaired) electrons. The molecule has 0 aliphatic rings. The maximum Gasteiger partial charge on any atom is 0.128 e. The fourth-order valence-corrected chi connectivity index (χ4v) is 2.08. The average molecular weight is 275 g/mol. The third-order valence-electron chi connectivity index (χ3n) is 3.14. The van der Waals surface area contributed by atoms with Crippen LogP contribution in [-0.4, -0.2) is 20.4 Å². The van der Waals surface area contributed by atoms with Gasteiger partial charge in [-0.3, -0.25) is 0 Å². The minimum Gasteiger partial charge on any atom is -0.508 e. The predicted molar refractivity (Wildman–Crippen MR) is 75.6 cm³/mol. The Morgan fingerprint density at radius 1 is 0.950 bits per heavy atom. The van der Waals surface area contributed by atoms with Gasteiger partial charge < -0.3 is 26.2 Å². The molecule has 1 atom stereocenters. The lowest BCUT2D eigenvalue weighted by atomic mass is 9.99. The number of aromatic hydroxyl groups is 3. The van der Waals surface area contributed by atoms with Gasteiger partial charge >= 0.3 is 0 Å². The number of aryl methyl sites for hydroxylation is 1. The first-order valence-electron chi connectivity index (χ1n) is 6.24. The molecule has 0 saturated heterocycles. The van der Waals surface area contributed by atoms with Gasteiger partial charge in [0.15, 0.2) is 0 Å². The molecule has 1 unspecified atom stereocenters. The molecule has 2 rings (SSSR count). The summed E-state index contributed by atoms with van der Waals surface area (Å²) < 4.78 is 0. The summed E-state index contributed by atoms with van der Waals surface area (Å²) in [5.41, 5.74) is 7.28. The fourth-order valence-electron chi connectivity index (χ4n) is 2.08. The highest BCUT2D eigenvalue weighted by Crippen LogP contribution is 2.38. The van der Waals surface area contributed by atoms with E-state index < -0.39 is 6.10 Å². The average Bonchev–Trinajstić information content (AvgIpc) is 2.37. The van der Waals surface area contributed by atoms with E-state index in [1.807, 2.05) is 12.1 Å². The van der Waals surface area contributed by atoms with Gasteiger partial charge in [-0.1, -0.05) is 12.1 Å². The molecule has 2 aromatic rings. The van der Waals surface area contributed by atoms with Gasteiger partial charge in [-0.15, -0.1) is 0 Å². The molecule has 5 nitrogen and oxygen atoms in total. The lowest BCUT2D eigenvalue weighted by Gasteiger charge is -2.14. The number of hydrogen-bond donors (Lipinski definition) is 5. The van der Waals surface area contributed by atoms with Crippen molar-refractivity contribution in [3.63, 3.8) is 0 Å². The van der Waals surface area contributed by atoms with Crippen LogP contribution in [0.5, 0.6) is 17.2 Å². The van der Waals surface area contributed by atoms with Crippen LogP contribution < -0.4 is 5.73 Å². The van der Waals surface area contributed by atoms with E-state index >= 15 is 0 Å². The largest absolute Gasteiger partial charge is 0.508 e. The van der Waals surface area contributed by atoms with E-state index in [-0.39, 0.29) is 22.8 Å². The number of hydrogen-bond acceptors (Lipinski definition) is 5. The summed E-state index contributed by atoms with van der Waals surface area (Å²) in [4.78, 5) is 0. The van der Waals surface area contributed by atoms with Gasteiger partial charge in [-0.25, -0.2) is 0 Å². The zero-order valence-electron chi connectivity index (χ0n) is 10.8. The first kappa shape index (κ1) is 14.0. The summed E-state index contributed by atoms with van der Waals surface area (Å²) in [5, 5.41) is 38.6. The number of phenols is 3. The van der Waals surface area contributed by atoms with Crippen LogP contribution >= 0.6 is 0 Å². The van der Waals surface area contributed by atoms with Crippen molar-refractivity contribution in [2.75, 3.05) is 5.73 Å². The molecule has 0 saturated carbocycles. The molecule has 20 heavy (non-hydrogen) atoms. The van der Waals surface area contributed by atoms with E-state index in [0.717, 1.165) is 17.7 Å². The van der Waals surface area contributed by atoms with Crippen molar-refractivity contribution >= 4 is 5.69 Å². The zero-order chi connectivity index (χ0) is 14.7.